The fourth-order valence-corrected chi connectivity index (χ4v) is 1.83. The van der Waals surface area contributed by atoms with Crippen molar-refractivity contribution in [2.75, 3.05) is 0 Å². The predicted octanol–water partition coefficient (Wildman–Crippen LogP) is 3.01. The topological polar surface area (TPSA) is 33.1 Å². The number of pyridine rings is 1. The Hall–Kier alpha value is -0.260. The number of halogens is 4. The summed E-state index contributed by atoms with van der Waals surface area (Å²) in [5.41, 5.74) is 0.186. The average Bonchev–Trinajstić information content (AvgIpc) is 2.16. The van der Waals surface area contributed by atoms with E-state index in [0.29, 0.717) is 10.2 Å². The van der Waals surface area contributed by atoms with Crippen molar-refractivity contribution >= 4 is 27.5 Å². The van der Waals surface area contributed by atoms with Gasteiger partial charge in [0.1, 0.15) is 4.60 Å². The maximum atomic E-state index is 12.5. The second kappa shape index (κ2) is 5.00. The molecule has 0 atom stereocenters. The lowest BCUT2D eigenvalue weighted by Gasteiger charge is -2.08. The van der Waals surface area contributed by atoms with Crippen molar-refractivity contribution in [2.45, 2.75) is 18.9 Å². The molecule has 0 fully saturated rings. The second-order valence-corrected chi connectivity index (χ2v) is 3.59. The molecule has 0 saturated heterocycles. The third kappa shape index (κ3) is 2.40. The zero-order valence-corrected chi connectivity index (χ0v) is 9.32. The predicted molar refractivity (Wildman–Crippen MR) is 52.4 cm³/mol. The molecule has 1 heterocycles. The fraction of sp³-hybridized carbons (Fsp3) is 0.375. The molecule has 14 heavy (non-hydrogen) atoms. The lowest BCUT2D eigenvalue weighted by molar-refractivity contribution is 0.146. The van der Waals surface area contributed by atoms with E-state index in [2.05, 4.69) is 20.9 Å². The first-order chi connectivity index (χ1) is 6.60. The molecule has 0 aliphatic carbocycles. The van der Waals surface area contributed by atoms with E-state index in [1.165, 1.54) is 6.07 Å². The van der Waals surface area contributed by atoms with E-state index in [-0.39, 0.29) is 17.1 Å². The third-order valence-corrected chi connectivity index (χ3v) is 2.66. The summed E-state index contributed by atoms with van der Waals surface area (Å²) in [6, 6.07) is 1.25. The molecule has 0 unspecified atom stereocenters. The molecule has 0 aliphatic rings. The van der Waals surface area contributed by atoms with E-state index in [1.807, 2.05) is 0 Å². The van der Waals surface area contributed by atoms with Crippen molar-refractivity contribution in [1.29, 1.82) is 0 Å². The van der Waals surface area contributed by atoms with Crippen LogP contribution in [0.15, 0.2) is 10.7 Å². The van der Waals surface area contributed by atoms with Crippen LogP contribution in [0.1, 0.15) is 23.2 Å². The van der Waals surface area contributed by atoms with E-state index in [1.54, 1.807) is 0 Å². The Balaban J connectivity index is 3.25. The van der Waals surface area contributed by atoms with E-state index in [4.69, 9.17) is 16.7 Å². The molecule has 1 N–H and O–H groups in total. The van der Waals surface area contributed by atoms with Crippen LogP contribution >= 0.6 is 27.5 Å². The van der Waals surface area contributed by atoms with Crippen LogP contribution in [0.25, 0.3) is 0 Å². The molecule has 1 aromatic rings. The molecule has 0 aliphatic heterocycles. The summed E-state index contributed by atoms with van der Waals surface area (Å²) in [4.78, 5) is 3.79. The minimum atomic E-state index is -2.65. The summed E-state index contributed by atoms with van der Waals surface area (Å²) in [5.74, 6) is 0.0962. The van der Waals surface area contributed by atoms with E-state index < -0.39 is 13.0 Å². The van der Waals surface area contributed by atoms with Crippen molar-refractivity contribution in [1.82, 2.24) is 4.98 Å². The van der Waals surface area contributed by atoms with Crippen molar-refractivity contribution in [3.63, 3.8) is 0 Å². The molecule has 78 valence electrons. The summed E-state index contributed by atoms with van der Waals surface area (Å²) in [6.07, 6.45) is -2.65. The Labute approximate surface area is 93.0 Å². The normalized spacial score (nSPS) is 11.0. The third-order valence-electron chi connectivity index (χ3n) is 1.69. The van der Waals surface area contributed by atoms with Crippen molar-refractivity contribution in [3.8, 4) is 0 Å². The molecule has 0 spiro atoms. The van der Waals surface area contributed by atoms with Crippen LogP contribution in [0.4, 0.5) is 8.78 Å². The van der Waals surface area contributed by atoms with Gasteiger partial charge in [-0.15, -0.1) is 11.6 Å². The highest BCUT2D eigenvalue weighted by atomic mass is 79.9. The van der Waals surface area contributed by atoms with E-state index >= 15 is 0 Å². The standard InChI is InChI=1S/C8H7BrClF2NO/c9-7-4(2-10)1-5(8(11)12)6(3-14)13-7/h1,8,14H,2-3H2. The molecule has 0 amide bonds. The molecule has 2 nitrogen and oxygen atoms in total. The molecular weight excluding hydrogens is 279 g/mol. The molecule has 6 heteroatoms. The van der Waals surface area contributed by atoms with Crippen LogP contribution in [0.2, 0.25) is 0 Å². The number of hydrogen-bond donors (Lipinski definition) is 1. The number of aliphatic hydroxyl groups excluding tert-OH is 1. The van der Waals surface area contributed by atoms with Gasteiger partial charge in [0.05, 0.1) is 18.2 Å². The lowest BCUT2D eigenvalue weighted by Crippen LogP contribution is -2.01. The van der Waals surface area contributed by atoms with Gasteiger partial charge >= 0.3 is 0 Å². The number of aliphatic hydroxyl groups is 1. The van der Waals surface area contributed by atoms with Crippen molar-refractivity contribution < 1.29 is 13.9 Å². The minimum absolute atomic E-state index is 0.0271. The Morgan fingerprint density at radius 3 is 2.64 bits per heavy atom. The van der Waals surface area contributed by atoms with Gasteiger partial charge in [-0.1, -0.05) is 0 Å². The van der Waals surface area contributed by atoms with Crippen LogP contribution in [0.5, 0.6) is 0 Å². The molecular formula is C8H7BrClF2NO. The number of nitrogens with zero attached hydrogens (tertiary/aromatic N) is 1. The Morgan fingerprint density at radius 2 is 2.21 bits per heavy atom. The fourth-order valence-electron chi connectivity index (χ4n) is 0.995. The maximum absolute atomic E-state index is 12.5. The van der Waals surface area contributed by atoms with Gasteiger partial charge in [-0.05, 0) is 22.0 Å². The van der Waals surface area contributed by atoms with Crippen LogP contribution < -0.4 is 0 Å². The summed E-state index contributed by atoms with van der Waals surface area (Å²) in [6.45, 7) is -0.513. The van der Waals surface area contributed by atoms with Gasteiger partial charge < -0.3 is 5.11 Å². The molecule has 0 aromatic carbocycles. The van der Waals surface area contributed by atoms with Gasteiger partial charge in [-0.3, -0.25) is 0 Å². The number of alkyl halides is 3. The molecule has 0 saturated carbocycles. The SMILES string of the molecule is OCc1nc(Br)c(CCl)cc1C(F)F. The van der Waals surface area contributed by atoms with Gasteiger partial charge in [-0.25, -0.2) is 13.8 Å². The van der Waals surface area contributed by atoms with Gasteiger partial charge in [-0.2, -0.15) is 0 Å². The molecule has 1 rings (SSSR count). The Morgan fingerprint density at radius 1 is 1.57 bits per heavy atom. The largest absolute Gasteiger partial charge is 0.390 e. The summed E-state index contributed by atoms with van der Waals surface area (Å²) in [5, 5.41) is 8.81. The van der Waals surface area contributed by atoms with Gasteiger partial charge in [0, 0.05) is 11.1 Å². The zero-order chi connectivity index (χ0) is 10.7. The van der Waals surface area contributed by atoms with Gasteiger partial charge in [0.15, 0.2) is 0 Å². The quantitative estimate of drug-likeness (QED) is 0.684. The highest BCUT2D eigenvalue weighted by molar-refractivity contribution is 9.10. The van der Waals surface area contributed by atoms with Crippen molar-refractivity contribution in [3.05, 3.63) is 27.5 Å². The van der Waals surface area contributed by atoms with Crippen LogP contribution in [-0.4, -0.2) is 10.1 Å². The minimum Gasteiger partial charge on any atom is -0.390 e. The van der Waals surface area contributed by atoms with Crippen LogP contribution in [0, 0.1) is 0 Å². The van der Waals surface area contributed by atoms with Crippen LogP contribution in [0.3, 0.4) is 0 Å². The van der Waals surface area contributed by atoms with Crippen LogP contribution in [-0.2, 0) is 12.5 Å². The number of rotatable bonds is 3. The van der Waals surface area contributed by atoms with E-state index in [0.717, 1.165) is 0 Å². The highest BCUT2D eigenvalue weighted by Crippen LogP contribution is 2.27. The summed E-state index contributed by atoms with van der Waals surface area (Å²) < 4.78 is 25.3. The monoisotopic (exact) mass is 285 g/mol. The smallest absolute Gasteiger partial charge is 0.265 e. The first-order valence-electron chi connectivity index (χ1n) is 3.73. The number of aromatic nitrogens is 1. The van der Waals surface area contributed by atoms with Gasteiger partial charge in [0.25, 0.3) is 6.43 Å². The van der Waals surface area contributed by atoms with E-state index in [9.17, 15) is 8.78 Å². The molecule has 0 radical (unpaired) electrons. The van der Waals surface area contributed by atoms with Crippen molar-refractivity contribution in [2.24, 2.45) is 0 Å². The van der Waals surface area contributed by atoms with Gasteiger partial charge in [0.2, 0.25) is 0 Å². The number of hydrogen-bond acceptors (Lipinski definition) is 2. The lowest BCUT2D eigenvalue weighted by atomic mass is 10.1. The average molecular weight is 287 g/mol. The summed E-state index contributed by atoms with van der Waals surface area (Å²) in [7, 11) is 0. The first kappa shape index (κ1) is 11.8. The Kier molecular flexibility index (Phi) is 4.22. The zero-order valence-electron chi connectivity index (χ0n) is 6.98. The summed E-state index contributed by atoms with van der Waals surface area (Å²) >= 11 is 8.61. The Bertz CT molecular complexity index is 335. The second-order valence-electron chi connectivity index (χ2n) is 2.57. The highest BCUT2D eigenvalue weighted by Gasteiger charge is 2.16. The first-order valence-corrected chi connectivity index (χ1v) is 5.06. The molecule has 1 aromatic heterocycles. The molecule has 0 bridgehead atoms. The maximum Gasteiger partial charge on any atom is 0.265 e.